The van der Waals surface area contributed by atoms with Crippen LogP contribution in [0.3, 0.4) is 0 Å². The number of hydrogen-bond acceptors (Lipinski definition) is 7. The number of nitrogens with one attached hydrogen (secondary N) is 1. The zero-order chi connectivity index (χ0) is 11.8. The Kier molecular flexibility index (Phi) is 3.10. The van der Waals surface area contributed by atoms with Crippen LogP contribution in [0.4, 0.5) is 5.13 Å². The molecule has 1 aromatic heterocycles. The van der Waals surface area contributed by atoms with E-state index >= 15 is 0 Å². The van der Waals surface area contributed by atoms with Crippen molar-refractivity contribution in [3.8, 4) is 0 Å². The highest BCUT2D eigenvalue weighted by molar-refractivity contribution is 7.91. The van der Waals surface area contributed by atoms with Crippen LogP contribution in [-0.4, -0.2) is 49.7 Å². The molecule has 9 heteroatoms. The van der Waals surface area contributed by atoms with Crippen molar-refractivity contribution in [3.63, 3.8) is 0 Å². The minimum Gasteiger partial charge on any atom is -0.374 e. The molecule has 0 radical (unpaired) electrons. The maximum absolute atomic E-state index is 11.8. The van der Waals surface area contributed by atoms with E-state index in [0.717, 1.165) is 24.3 Å². The molecule has 1 aliphatic heterocycles. The second kappa shape index (κ2) is 4.24. The van der Waals surface area contributed by atoms with Gasteiger partial charge < -0.3 is 10.6 Å². The van der Waals surface area contributed by atoms with E-state index in [0.29, 0.717) is 6.54 Å². The summed E-state index contributed by atoms with van der Waals surface area (Å²) < 4.78 is 26.2. The number of nitrogens with zero attached hydrogens (tertiary/aromatic N) is 3. The van der Waals surface area contributed by atoms with Crippen molar-refractivity contribution in [2.75, 3.05) is 25.9 Å². The van der Waals surface area contributed by atoms with Gasteiger partial charge in [-0.15, -0.1) is 10.2 Å². The molecule has 1 aromatic rings. The van der Waals surface area contributed by atoms with Crippen molar-refractivity contribution in [2.24, 2.45) is 0 Å². The Morgan fingerprint density at radius 2 is 2.31 bits per heavy atom. The van der Waals surface area contributed by atoms with Crippen LogP contribution in [0.15, 0.2) is 4.34 Å². The fourth-order valence-corrected chi connectivity index (χ4v) is 3.69. The van der Waals surface area contributed by atoms with Crippen LogP contribution in [0.25, 0.3) is 0 Å². The second-order valence-corrected chi connectivity index (χ2v) is 6.67. The normalized spacial score (nSPS) is 22.7. The highest BCUT2D eigenvalue weighted by Crippen LogP contribution is 2.18. The largest absolute Gasteiger partial charge is 0.374 e. The van der Waals surface area contributed by atoms with Crippen molar-refractivity contribution in [1.82, 2.24) is 19.8 Å². The van der Waals surface area contributed by atoms with E-state index in [9.17, 15) is 8.42 Å². The first-order valence-electron chi connectivity index (χ1n) is 4.77. The number of anilines is 1. The van der Waals surface area contributed by atoms with E-state index in [1.54, 1.807) is 0 Å². The number of rotatable bonds is 3. The van der Waals surface area contributed by atoms with Crippen LogP contribution in [-0.2, 0) is 10.0 Å². The molecule has 0 amide bonds. The SMILES string of the molecule is CN1CCC(NS(=O)(=O)c2nnc(N)s2)C1. The van der Waals surface area contributed by atoms with Gasteiger partial charge in [-0.3, -0.25) is 0 Å². The van der Waals surface area contributed by atoms with Gasteiger partial charge in [-0.25, -0.2) is 13.1 Å². The zero-order valence-electron chi connectivity index (χ0n) is 8.75. The molecule has 0 bridgehead atoms. The number of nitrogen functional groups attached to an aromatic ring is 1. The Bertz CT molecular complexity index is 471. The lowest BCUT2D eigenvalue weighted by Gasteiger charge is -2.11. The summed E-state index contributed by atoms with van der Waals surface area (Å²) in [6, 6.07) is -0.0554. The van der Waals surface area contributed by atoms with Gasteiger partial charge in [0.1, 0.15) is 0 Å². The van der Waals surface area contributed by atoms with E-state index in [1.165, 1.54) is 0 Å². The Morgan fingerprint density at radius 1 is 1.56 bits per heavy atom. The van der Waals surface area contributed by atoms with Crippen LogP contribution < -0.4 is 10.5 Å². The van der Waals surface area contributed by atoms with E-state index < -0.39 is 10.0 Å². The monoisotopic (exact) mass is 263 g/mol. The summed E-state index contributed by atoms with van der Waals surface area (Å²) in [4.78, 5) is 2.07. The number of nitrogens with two attached hydrogens (primary N) is 1. The van der Waals surface area contributed by atoms with Crippen molar-refractivity contribution >= 4 is 26.5 Å². The molecule has 0 saturated carbocycles. The molecule has 2 heterocycles. The minimum absolute atomic E-state index is 0.0554. The summed E-state index contributed by atoms with van der Waals surface area (Å²) in [6.45, 7) is 1.61. The Hall–Kier alpha value is -0.770. The summed E-state index contributed by atoms with van der Waals surface area (Å²) >= 11 is 0.870. The summed E-state index contributed by atoms with van der Waals surface area (Å²) in [5, 5.41) is 7.17. The average molecular weight is 263 g/mol. The van der Waals surface area contributed by atoms with Gasteiger partial charge in [0, 0.05) is 12.6 Å². The van der Waals surface area contributed by atoms with E-state index in [2.05, 4.69) is 19.8 Å². The second-order valence-electron chi connectivity index (χ2n) is 3.78. The fourth-order valence-electron chi connectivity index (χ4n) is 1.63. The Morgan fingerprint density at radius 3 is 2.81 bits per heavy atom. The first kappa shape index (κ1) is 11.7. The van der Waals surface area contributed by atoms with Gasteiger partial charge in [0.15, 0.2) is 0 Å². The molecule has 2 rings (SSSR count). The third-order valence-corrected chi connectivity index (χ3v) is 5.01. The van der Waals surface area contributed by atoms with Gasteiger partial charge in [-0.2, -0.15) is 0 Å². The van der Waals surface area contributed by atoms with Crippen molar-refractivity contribution < 1.29 is 8.42 Å². The quantitative estimate of drug-likeness (QED) is 0.733. The van der Waals surface area contributed by atoms with Gasteiger partial charge in [-0.05, 0) is 20.0 Å². The first-order chi connectivity index (χ1) is 7.47. The lowest BCUT2D eigenvalue weighted by molar-refractivity contribution is 0.407. The zero-order valence-corrected chi connectivity index (χ0v) is 10.4. The summed E-state index contributed by atoms with van der Waals surface area (Å²) in [6.07, 6.45) is 0.810. The van der Waals surface area contributed by atoms with E-state index in [-0.39, 0.29) is 15.5 Å². The minimum atomic E-state index is -3.56. The van der Waals surface area contributed by atoms with Gasteiger partial charge in [-0.1, -0.05) is 11.3 Å². The fraction of sp³-hybridized carbons (Fsp3) is 0.714. The summed E-state index contributed by atoms with van der Waals surface area (Å²) in [5.74, 6) is 0. The third-order valence-electron chi connectivity index (χ3n) is 2.37. The number of sulfonamides is 1. The van der Waals surface area contributed by atoms with E-state index in [4.69, 9.17) is 5.73 Å². The standard InChI is InChI=1S/C7H13N5O2S2/c1-12-3-2-5(4-12)11-16(13,14)7-10-9-6(8)15-7/h5,11H,2-4H2,1H3,(H2,8,9). The highest BCUT2D eigenvalue weighted by Gasteiger charge is 2.27. The molecule has 90 valence electrons. The van der Waals surface area contributed by atoms with Crippen LogP contribution in [0.5, 0.6) is 0 Å². The highest BCUT2D eigenvalue weighted by atomic mass is 32.2. The van der Waals surface area contributed by atoms with Gasteiger partial charge in [0.2, 0.25) is 9.47 Å². The summed E-state index contributed by atoms with van der Waals surface area (Å²) in [5.41, 5.74) is 5.35. The smallest absolute Gasteiger partial charge is 0.270 e. The topological polar surface area (TPSA) is 101 Å². The predicted molar refractivity (Wildman–Crippen MR) is 60.5 cm³/mol. The molecule has 3 N–H and O–H groups in total. The van der Waals surface area contributed by atoms with Gasteiger partial charge in [0.05, 0.1) is 0 Å². The van der Waals surface area contributed by atoms with Gasteiger partial charge in [0.25, 0.3) is 10.0 Å². The van der Waals surface area contributed by atoms with Crippen LogP contribution in [0, 0.1) is 0 Å². The molecule has 7 nitrogen and oxygen atoms in total. The number of likely N-dealkylation sites (tertiary alicyclic amines) is 1. The molecule has 1 aliphatic rings. The van der Waals surface area contributed by atoms with Crippen molar-refractivity contribution in [2.45, 2.75) is 16.8 Å². The molecule has 0 spiro atoms. The first-order valence-corrected chi connectivity index (χ1v) is 7.07. The predicted octanol–water partition coefficient (Wildman–Crippen LogP) is -0.897. The lowest BCUT2D eigenvalue weighted by Crippen LogP contribution is -2.36. The molecule has 1 unspecified atom stereocenters. The number of aromatic nitrogens is 2. The van der Waals surface area contributed by atoms with Crippen LogP contribution in [0.2, 0.25) is 0 Å². The molecule has 16 heavy (non-hydrogen) atoms. The maximum Gasteiger partial charge on any atom is 0.270 e. The summed E-state index contributed by atoms with van der Waals surface area (Å²) in [7, 11) is -1.60. The Labute approximate surface area is 97.7 Å². The third kappa shape index (κ3) is 2.48. The number of likely N-dealkylation sites (N-methyl/N-ethyl adjacent to an activating group) is 1. The average Bonchev–Trinajstić information content (AvgIpc) is 2.75. The maximum atomic E-state index is 11.8. The van der Waals surface area contributed by atoms with E-state index in [1.807, 2.05) is 7.05 Å². The molecule has 1 fully saturated rings. The van der Waals surface area contributed by atoms with Crippen LogP contribution >= 0.6 is 11.3 Å². The van der Waals surface area contributed by atoms with Crippen LogP contribution in [0.1, 0.15) is 6.42 Å². The molecule has 1 atom stereocenters. The molecule has 1 saturated heterocycles. The molecule has 0 aliphatic carbocycles. The molecule has 0 aromatic carbocycles. The lowest BCUT2D eigenvalue weighted by atomic mass is 10.3. The molecular formula is C7H13N5O2S2. The van der Waals surface area contributed by atoms with Crippen molar-refractivity contribution in [3.05, 3.63) is 0 Å². The molecular weight excluding hydrogens is 250 g/mol. The number of hydrogen-bond donors (Lipinski definition) is 2. The van der Waals surface area contributed by atoms with Crippen molar-refractivity contribution in [1.29, 1.82) is 0 Å². The Balaban J connectivity index is 2.09. The van der Waals surface area contributed by atoms with Gasteiger partial charge >= 0.3 is 0 Å².